The van der Waals surface area contributed by atoms with E-state index in [1.54, 1.807) is 4.57 Å². The standard InChI is InChI=1S/C11H17ClN2O/c1-4-10-13-8(3)9(6-7-12)11(15)14(10)5-2/h4-7H2,1-3H3. The Morgan fingerprint density at radius 1 is 1.40 bits per heavy atom. The summed E-state index contributed by atoms with van der Waals surface area (Å²) in [5.74, 6) is 1.32. The van der Waals surface area contributed by atoms with E-state index < -0.39 is 0 Å². The molecule has 0 aliphatic heterocycles. The van der Waals surface area contributed by atoms with Crippen LogP contribution in [0.15, 0.2) is 4.79 Å². The number of hydrogen-bond donors (Lipinski definition) is 0. The van der Waals surface area contributed by atoms with Gasteiger partial charge in [-0.1, -0.05) is 6.92 Å². The summed E-state index contributed by atoms with van der Waals surface area (Å²) < 4.78 is 1.73. The molecule has 15 heavy (non-hydrogen) atoms. The second-order valence-electron chi connectivity index (χ2n) is 3.43. The summed E-state index contributed by atoms with van der Waals surface area (Å²) >= 11 is 5.67. The second-order valence-corrected chi connectivity index (χ2v) is 3.81. The predicted molar refractivity (Wildman–Crippen MR) is 62.7 cm³/mol. The fourth-order valence-electron chi connectivity index (χ4n) is 1.73. The highest BCUT2D eigenvalue weighted by atomic mass is 35.5. The first-order valence-electron chi connectivity index (χ1n) is 5.30. The monoisotopic (exact) mass is 228 g/mol. The summed E-state index contributed by atoms with van der Waals surface area (Å²) in [4.78, 5) is 16.5. The molecule has 1 aromatic rings. The lowest BCUT2D eigenvalue weighted by molar-refractivity contribution is 0.636. The van der Waals surface area contributed by atoms with Crippen LogP contribution in [0.1, 0.15) is 30.9 Å². The average Bonchev–Trinajstić information content (AvgIpc) is 2.23. The van der Waals surface area contributed by atoms with Crippen molar-refractivity contribution in [3.05, 3.63) is 27.4 Å². The van der Waals surface area contributed by atoms with Gasteiger partial charge in [-0.3, -0.25) is 9.36 Å². The molecule has 4 heteroatoms. The molecule has 3 nitrogen and oxygen atoms in total. The van der Waals surface area contributed by atoms with Crippen molar-refractivity contribution in [3.63, 3.8) is 0 Å². The zero-order valence-electron chi connectivity index (χ0n) is 9.51. The molecule has 0 saturated heterocycles. The van der Waals surface area contributed by atoms with Gasteiger partial charge in [-0.25, -0.2) is 4.98 Å². The lowest BCUT2D eigenvalue weighted by Crippen LogP contribution is -2.29. The van der Waals surface area contributed by atoms with Crippen LogP contribution in [0.4, 0.5) is 0 Å². The molecule has 0 unspecified atom stereocenters. The number of aryl methyl sites for hydroxylation is 2. The van der Waals surface area contributed by atoms with Crippen molar-refractivity contribution in [2.24, 2.45) is 0 Å². The first kappa shape index (κ1) is 12.2. The first-order valence-corrected chi connectivity index (χ1v) is 5.84. The maximum Gasteiger partial charge on any atom is 0.256 e. The van der Waals surface area contributed by atoms with E-state index in [2.05, 4.69) is 4.98 Å². The van der Waals surface area contributed by atoms with E-state index in [1.807, 2.05) is 20.8 Å². The van der Waals surface area contributed by atoms with Crippen molar-refractivity contribution in [2.75, 3.05) is 5.88 Å². The third kappa shape index (κ3) is 2.40. The minimum Gasteiger partial charge on any atom is -0.297 e. The van der Waals surface area contributed by atoms with Gasteiger partial charge in [0, 0.05) is 30.1 Å². The molecule has 0 aromatic carbocycles. The molecule has 0 fully saturated rings. The van der Waals surface area contributed by atoms with Gasteiger partial charge in [-0.15, -0.1) is 11.6 Å². The van der Waals surface area contributed by atoms with Crippen molar-refractivity contribution in [3.8, 4) is 0 Å². The number of halogens is 1. The van der Waals surface area contributed by atoms with Gasteiger partial charge < -0.3 is 0 Å². The van der Waals surface area contributed by atoms with Gasteiger partial charge >= 0.3 is 0 Å². The van der Waals surface area contributed by atoms with E-state index in [1.165, 1.54) is 0 Å². The normalized spacial score (nSPS) is 10.7. The Kier molecular flexibility index (Phi) is 4.33. The maximum absolute atomic E-state index is 12.1. The van der Waals surface area contributed by atoms with Crippen LogP contribution < -0.4 is 5.56 Å². The smallest absolute Gasteiger partial charge is 0.256 e. The fraction of sp³-hybridized carbons (Fsp3) is 0.636. The SMILES string of the molecule is CCc1nc(C)c(CCCl)c(=O)n1CC. The quantitative estimate of drug-likeness (QED) is 0.738. The third-order valence-corrected chi connectivity index (χ3v) is 2.71. The number of rotatable bonds is 4. The molecule has 0 amide bonds. The number of hydrogen-bond acceptors (Lipinski definition) is 2. The van der Waals surface area contributed by atoms with Gasteiger partial charge in [-0.2, -0.15) is 0 Å². The van der Waals surface area contributed by atoms with Crippen molar-refractivity contribution >= 4 is 11.6 Å². The molecule has 0 saturated carbocycles. The molecule has 0 aliphatic rings. The second kappa shape index (κ2) is 5.31. The molecule has 0 bridgehead atoms. The van der Waals surface area contributed by atoms with Gasteiger partial charge in [0.2, 0.25) is 0 Å². The molecule has 1 heterocycles. The summed E-state index contributed by atoms with van der Waals surface area (Å²) in [6.45, 7) is 6.52. The largest absolute Gasteiger partial charge is 0.297 e. The van der Waals surface area contributed by atoms with Crippen LogP contribution in [0.2, 0.25) is 0 Å². The van der Waals surface area contributed by atoms with E-state index in [0.717, 1.165) is 23.5 Å². The lowest BCUT2D eigenvalue weighted by atomic mass is 10.2. The summed E-state index contributed by atoms with van der Waals surface area (Å²) in [6, 6.07) is 0. The summed E-state index contributed by atoms with van der Waals surface area (Å²) in [5.41, 5.74) is 1.65. The predicted octanol–water partition coefficient (Wildman–Crippen LogP) is 1.92. The van der Waals surface area contributed by atoms with E-state index in [9.17, 15) is 4.79 Å². The van der Waals surface area contributed by atoms with E-state index in [-0.39, 0.29) is 5.56 Å². The minimum atomic E-state index is 0.0718. The lowest BCUT2D eigenvalue weighted by Gasteiger charge is -2.12. The highest BCUT2D eigenvalue weighted by Crippen LogP contribution is 2.04. The third-order valence-electron chi connectivity index (χ3n) is 2.53. The van der Waals surface area contributed by atoms with E-state index in [4.69, 9.17) is 11.6 Å². The average molecular weight is 229 g/mol. The van der Waals surface area contributed by atoms with Crippen molar-refractivity contribution < 1.29 is 0 Å². The van der Waals surface area contributed by atoms with E-state index >= 15 is 0 Å². The first-order chi connectivity index (χ1) is 7.15. The van der Waals surface area contributed by atoms with Gasteiger partial charge in [0.15, 0.2) is 0 Å². The molecule has 1 aromatic heterocycles. The number of aromatic nitrogens is 2. The Balaban J connectivity index is 3.38. The van der Waals surface area contributed by atoms with Crippen LogP contribution in [0.25, 0.3) is 0 Å². The topological polar surface area (TPSA) is 34.9 Å². The van der Waals surface area contributed by atoms with Crippen LogP contribution in [0.5, 0.6) is 0 Å². The van der Waals surface area contributed by atoms with Crippen LogP contribution >= 0.6 is 11.6 Å². The molecule has 0 radical (unpaired) electrons. The zero-order valence-corrected chi connectivity index (χ0v) is 10.3. The van der Waals surface area contributed by atoms with Crippen LogP contribution in [0, 0.1) is 6.92 Å². The maximum atomic E-state index is 12.1. The minimum absolute atomic E-state index is 0.0718. The van der Waals surface area contributed by atoms with Gasteiger partial charge in [0.05, 0.1) is 0 Å². The van der Waals surface area contributed by atoms with Crippen molar-refractivity contribution in [1.29, 1.82) is 0 Å². The Hall–Kier alpha value is -0.830. The molecule has 0 atom stereocenters. The zero-order chi connectivity index (χ0) is 11.4. The Morgan fingerprint density at radius 2 is 2.07 bits per heavy atom. The van der Waals surface area contributed by atoms with Gasteiger partial charge in [0.1, 0.15) is 5.82 Å². The molecule has 1 rings (SSSR count). The highest BCUT2D eigenvalue weighted by molar-refractivity contribution is 6.17. The molecule has 84 valence electrons. The van der Waals surface area contributed by atoms with Crippen molar-refractivity contribution in [2.45, 2.75) is 40.2 Å². The van der Waals surface area contributed by atoms with Crippen LogP contribution in [-0.2, 0) is 19.4 Å². The number of nitrogens with zero attached hydrogens (tertiary/aromatic N) is 2. The van der Waals surface area contributed by atoms with Gasteiger partial charge in [0.25, 0.3) is 5.56 Å². The highest BCUT2D eigenvalue weighted by Gasteiger charge is 2.11. The molecular formula is C11H17ClN2O. The molecule has 0 spiro atoms. The van der Waals surface area contributed by atoms with Crippen molar-refractivity contribution in [1.82, 2.24) is 9.55 Å². The summed E-state index contributed by atoms with van der Waals surface area (Å²) in [6.07, 6.45) is 1.38. The Bertz CT molecular complexity index is 398. The fourth-order valence-corrected chi connectivity index (χ4v) is 1.92. The molecular weight excluding hydrogens is 212 g/mol. The Morgan fingerprint density at radius 3 is 2.53 bits per heavy atom. The number of alkyl halides is 1. The molecule has 0 aliphatic carbocycles. The summed E-state index contributed by atoms with van der Waals surface area (Å²) in [5, 5.41) is 0. The Labute approximate surface area is 95.1 Å². The van der Waals surface area contributed by atoms with Crippen LogP contribution in [0.3, 0.4) is 0 Å². The van der Waals surface area contributed by atoms with E-state index in [0.29, 0.717) is 18.8 Å². The molecule has 0 N–H and O–H groups in total. The van der Waals surface area contributed by atoms with Crippen LogP contribution in [-0.4, -0.2) is 15.4 Å². The summed E-state index contributed by atoms with van der Waals surface area (Å²) in [7, 11) is 0. The van der Waals surface area contributed by atoms with Gasteiger partial charge in [-0.05, 0) is 20.3 Å².